The molecule has 1 atom stereocenters. The zero-order valence-electron chi connectivity index (χ0n) is 12.4. The number of nitrogens with one attached hydrogen (secondary N) is 1. The van der Waals surface area contributed by atoms with E-state index in [-0.39, 0.29) is 23.1 Å². The quantitative estimate of drug-likeness (QED) is 0.928. The van der Waals surface area contributed by atoms with E-state index >= 15 is 0 Å². The standard InChI is InChI=1S/C17H18N2O3/c1-19-8-4-7-15(17(19)21)16(20)18-10-14-9-12-5-2-3-6-13(12)11-22-14/h2-8,14H,9-11H2,1H3,(H,18,20). The lowest BCUT2D eigenvalue weighted by Crippen LogP contribution is -2.39. The van der Waals surface area contributed by atoms with Gasteiger partial charge in [0.1, 0.15) is 5.56 Å². The molecule has 1 unspecified atom stereocenters. The molecule has 22 heavy (non-hydrogen) atoms. The van der Waals surface area contributed by atoms with E-state index in [1.807, 2.05) is 12.1 Å². The highest BCUT2D eigenvalue weighted by Gasteiger charge is 2.20. The first kappa shape index (κ1) is 14.5. The predicted molar refractivity (Wildman–Crippen MR) is 82.7 cm³/mol. The summed E-state index contributed by atoms with van der Waals surface area (Å²) in [5, 5.41) is 2.79. The van der Waals surface area contributed by atoms with Crippen LogP contribution in [-0.2, 0) is 24.8 Å². The molecule has 0 aliphatic carbocycles. The van der Waals surface area contributed by atoms with Crippen LogP contribution in [0.3, 0.4) is 0 Å². The molecule has 0 spiro atoms. The molecule has 1 N–H and O–H groups in total. The van der Waals surface area contributed by atoms with Gasteiger partial charge < -0.3 is 14.6 Å². The maximum Gasteiger partial charge on any atom is 0.263 e. The number of carbonyl (C=O) groups is 1. The van der Waals surface area contributed by atoms with Gasteiger partial charge in [0.2, 0.25) is 0 Å². The van der Waals surface area contributed by atoms with Crippen LogP contribution in [0.5, 0.6) is 0 Å². The van der Waals surface area contributed by atoms with E-state index in [0.29, 0.717) is 13.2 Å². The van der Waals surface area contributed by atoms with Gasteiger partial charge in [0.15, 0.2) is 0 Å². The van der Waals surface area contributed by atoms with E-state index in [2.05, 4.69) is 17.4 Å². The summed E-state index contributed by atoms with van der Waals surface area (Å²) in [6.45, 7) is 0.953. The van der Waals surface area contributed by atoms with Crippen LogP contribution in [0.1, 0.15) is 21.5 Å². The Morgan fingerprint density at radius 3 is 2.86 bits per heavy atom. The molecule has 3 rings (SSSR count). The Hall–Kier alpha value is -2.40. The molecule has 1 aromatic carbocycles. The average Bonchev–Trinajstić information content (AvgIpc) is 2.55. The molecule has 1 aromatic heterocycles. The lowest BCUT2D eigenvalue weighted by molar-refractivity contribution is 0.0284. The number of carbonyl (C=O) groups excluding carboxylic acids is 1. The van der Waals surface area contributed by atoms with Crippen molar-refractivity contribution in [3.63, 3.8) is 0 Å². The highest BCUT2D eigenvalue weighted by Crippen LogP contribution is 2.19. The lowest BCUT2D eigenvalue weighted by Gasteiger charge is -2.25. The molecule has 1 amide bonds. The van der Waals surface area contributed by atoms with Crippen LogP contribution in [0.4, 0.5) is 0 Å². The molecule has 2 heterocycles. The molecule has 5 nitrogen and oxygen atoms in total. The van der Waals surface area contributed by atoms with E-state index in [1.165, 1.54) is 21.8 Å². The number of benzene rings is 1. The van der Waals surface area contributed by atoms with Gasteiger partial charge in [-0.25, -0.2) is 0 Å². The summed E-state index contributed by atoms with van der Waals surface area (Å²) in [5.74, 6) is -0.358. The zero-order chi connectivity index (χ0) is 15.5. The Labute approximate surface area is 128 Å². The largest absolute Gasteiger partial charge is 0.371 e. The van der Waals surface area contributed by atoms with Gasteiger partial charge in [0.25, 0.3) is 11.5 Å². The zero-order valence-corrected chi connectivity index (χ0v) is 12.4. The lowest BCUT2D eigenvalue weighted by atomic mass is 9.99. The van der Waals surface area contributed by atoms with E-state index < -0.39 is 0 Å². The van der Waals surface area contributed by atoms with Crippen LogP contribution in [0, 0.1) is 0 Å². The van der Waals surface area contributed by atoms with Crippen molar-refractivity contribution in [3.8, 4) is 0 Å². The molecule has 114 valence electrons. The fourth-order valence-electron chi connectivity index (χ4n) is 2.61. The Kier molecular flexibility index (Phi) is 4.06. The molecular formula is C17H18N2O3. The minimum Gasteiger partial charge on any atom is -0.371 e. The Morgan fingerprint density at radius 1 is 1.27 bits per heavy atom. The molecule has 1 aliphatic heterocycles. The number of aryl methyl sites for hydroxylation is 1. The number of amides is 1. The molecule has 0 bridgehead atoms. The smallest absolute Gasteiger partial charge is 0.263 e. The summed E-state index contributed by atoms with van der Waals surface area (Å²) < 4.78 is 7.14. The van der Waals surface area contributed by atoms with Crippen molar-refractivity contribution in [1.82, 2.24) is 9.88 Å². The van der Waals surface area contributed by atoms with Crippen molar-refractivity contribution in [3.05, 3.63) is 69.6 Å². The van der Waals surface area contributed by atoms with Gasteiger partial charge in [-0.05, 0) is 23.3 Å². The molecule has 1 aliphatic rings. The molecule has 0 saturated heterocycles. The van der Waals surface area contributed by atoms with Gasteiger partial charge in [-0.3, -0.25) is 9.59 Å². The first-order valence-corrected chi connectivity index (χ1v) is 7.27. The number of hydrogen-bond acceptors (Lipinski definition) is 3. The van der Waals surface area contributed by atoms with Gasteiger partial charge in [0, 0.05) is 26.2 Å². The van der Waals surface area contributed by atoms with Gasteiger partial charge in [-0.15, -0.1) is 0 Å². The SMILES string of the molecule is Cn1cccc(C(=O)NCC2Cc3ccccc3CO2)c1=O. The normalized spacial score (nSPS) is 16.9. The van der Waals surface area contributed by atoms with Gasteiger partial charge in [-0.2, -0.15) is 0 Å². The fraction of sp³-hybridized carbons (Fsp3) is 0.294. The Bertz CT molecular complexity index is 752. The summed E-state index contributed by atoms with van der Waals surface area (Å²) >= 11 is 0. The number of ether oxygens (including phenoxy) is 1. The second kappa shape index (κ2) is 6.15. The second-order valence-electron chi connectivity index (χ2n) is 5.45. The number of hydrogen-bond donors (Lipinski definition) is 1. The second-order valence-corrected chi connectivity index (χ2v) is 5.45. The maximum absolute atomic E-state index is 12.1. The van der Waals surface area contributed by atoms with Gasteiger partial charge in [0.05, 0.1) is 12.7 Å². The maximum atomic E-state index is 12.1. The summed E-state index contributed by atoms with van der Waals surface area (Å²) in [5.41, 5.74) is 2.31. The monoisotopic (exact) mass is 298 g/mol. The molecular weight excluding hydrogens is 280 g/mol. The number of fused-ring (bicyclic) bond motifs is 1. The summed E-state index contributed by atoms with van der Waals surface area (Å²) in [6, 6.07) is 11.4. The summed E-state index contributed by atoms with van der Waals surface area (Å²) in [7, 11) is 1.63. The van der Waals surface area contributed by atoms with Crippen LogP contribution >= 0.6 is 0 Å². The van der Waals surface area contributed by atoms with Crippen molar-refractivity contribution >= 4 is 5.91 Å². The third-order valence-electron chi connectivity index (χ3n) is 3.90. The number of aromatic nitrogens is 1. The first-order valence-electron chi connectivity index (χ1n) is 7.27. The highest BCUT2D eigenvalue weighted by atomic mass is 16.5. The highest BCUT2D eigenvalue weighted by molar-refractivity contribution is 5.93. The topological polar surface area (TPSA) is 60.3 Å². The van der Waals surface area contributed by atoms with E-state index in [1.54, 1.807) is 19.3 Å². The third kappa shape index (κ3) is 2.94. The van der Waals surface area contributed by atoms with Crippen molar-refractivity contribution < 1.29 is 9.53 Å². The van der Waals surface area contributed by atoms with Crippen LogP contribution < -0.4 is 10.9 Å². The van der Waals surface area contributed by atoms with Crippen molar-refractivity contribution in [2.45, 2.75) is 19.1 Å². The van der Waals surface area contributed by atoms with E-state index in [9.17, 15) is 9.59 Å². The van der Waals surface area contributed by atoms with Gasteiger partial charge >= 0.3 is 0 Å². The number of rotatable bonds is 3. The molecule has 0 saturated carbocycles. The minimum atomic E-state index is -0.358. The van der Waals surface area contributed by atoms with Crippen LogP contribution in [0.25, 0.3) is 0 Å². The first-order chi connectivity index (χ1) is 10.6. The number of nitrogens with zero attached hydrogens (tertiary/aromatic N) is 1. The van der Waals surface area contributed by atoms with Crippen LogP contribution in [-0.4, -0.2) is 23.1 Å². The van der Waals surface area contributed by atoms with Crippen molar-refractivity contribution in [1.29, 1.82) is 0 Å². The van der Waals surface area contributed by atoms with E-state index in [4.69, 9.17) is 4.74 Å². The van der Waals surface area contributed by atoms with Crippen molar-refractivity contribution in [2.75, 3.05) is 6.54 Å². The fourth-order valence-corrected chi connectivity index (χ4v) is 2.61. The summed E-state index contributed by atoms with van der Waals surface area (Å²) in [4.78, 5) is 24.0. The summed E-state index contributed by atoms with van der Waals surface area (Å²) in [6.07, 6.45) is 2.33. The van der Waals surface area contributed by atoms with E-state index in [0.717, 1.165) is 6.42 Å². The average molecular weight is 298 g/mol. The molecule has 2 aromatic rings. The predicted octanol–water partition coefficient (Wildman–Crippen LogP) is 1.26. The molecule has 5 heteroatoms. The van der Waals surface area contributed by atoms with Gasteiger partial charge in [-0.1, -0.05) is 24.3 Å². The Morgan fingerprint density at radius 2 is 2.05 bits per heavy atom. The molecule has 0 radical (unpaired) electrons. The van der Waals surface area contributed by atoms with Crippen LogP contribution in [0.15, 0.2) is 47.4 Å². The Balaban J connectivity index is 1.63. The minimum absolute atomic E-state index is 0.0635. The van der Waals surface area contributed by atoms with Crippen molar-refractivity contribution in [2.24, 2.45) is 7.05 Å². The molecule has 0 fully saturated rings. The number of pyridine rings is 1. The third-order valence-corrected chi connectivity index (χ3v) is 3.90. The van der Waals surface area contributed by atoms with Crippen LogP contribution in [0.2, 0.25) is 0 Å².